The first-order chi connectivity index (χ1) is 15.4. The van der Waals surface area contributed by atoms with Gasteiger partial charge in [0.25, 0.3) is 5.91 Å². The number of nitrogens with one attached hydrogen (secondary N) is 2. The maximum absolute atomic E-state index is 11.2. The molecule has 0 aliphatic heterocycles. The minimum atomic E-state index is -0.694. The van der Waals surface area contributed by atoms with Crippen molar-refractivity contribution in [1.82, 2.24) is 15.3 Å². The number of primary amides is 1. The Kier molecular flexibility index (Phi) is 11.7. The summed E-state index contributed by atoms with van der Waals surface area (Å²) in [6.45, 7) is 2.50. The predicted octanol–water partition coefficient (Wildman–Crippen LogP) is 3.13. The second-order valence-electron chi connectivity index (χ2n) is 7.24. The van der Waals surface area contributed by atoms with E-state index in [1.807, 2.05) is 37.3 Å². The topological polar surface area (TPSA) is 132 Å². The highest BCUT2D eigenvalue weighted by molar-refractivity contribution is 5.91. The van der Waals surface area contributed by atoms with Gasteiger partial charge in [-0.1, -0.05) is 6.07 Å². The van der Waals surface area contributed by atoms with E-state index in [2.05, 4.69) is 15.3 Å². The molecular formula is C23H30Cl2N4O5. The van der Waals surface area contributed by atoms with Gasteiger partial charge in [0.2, 0.25) is 0 Å². The fourth-order valence-electron chi connectivity index (χ4n) is 3.11. The molecule has 3 aromatic rings. The third-order valence-corrected chi connectivity index (χ3v) is 4.98. The van der Waals surface area contributed by atoms with E-state index in [-0.39, 0.29) is 43.2 Å². The summed E-state index contributed by atoms with van der Waals surface area (Å²) in [7, 11) is 3.19. The van der Waals surface area contributed by atoms with Crippen molar-refractivity contribution in [1.29, 1.82) is 0 Å². The first-order valence-corrected chi connectivity index (χ1v) is 10.1. The Morgan fingerprint density at radius 2 is 1.79 bits per heavy atom. The monoisotopic (exact) mass is 512 g/mol. The molecule has 9 nitrogen and oxygen atoms in total. The summed E-state index contributed by atoms with van der Waals surface area (Å²) in [6.07, 6.45) is 0.703. The third-order valence-electron chi connectivity index (χ3n) is 4.98. The first kappa shape index (κ1) is 29.1. The summed E-state index contributed by atoms with van der Waals surface area (Å²) in [4.78, 5) is 18.2. The summed E-state index contributed by atoms with van der Waals surface area (Å²) in [5, 5.41) is 13.6. The molecule has 34 heavy (non-hydrogen) atoms. The lowest BCUT2D eigenvalue weighted by molar-refractivity contribution is 0.0996. The standard InChI is InChI=1S/C23H28N4O5.2ClH/c1-14(16-6-9-20(30-2)21(10-16)31-3)25-11-17(28)13-32-18-7-4-15(5-8-18)23-26-12-19(27-23)22(24)29;;/h4-10,12,14,17,25,28H,11,13H2,1-3H3,(H2,24,29)(H,26,27);2*1H. The number of H-pyrrole nitrogens is 1. The maximum atomic E-state index is 11.2. The number of carbonyl (C=O) groups is 1. The van der Waals surface area contributed by atoms with E-state index in [0.29, 0.717) is 29.6 Å². The molecule has 0 saturated carbocycles. The quantitative estimate of drug-likeness (QED) is 0.310. The molecule has 0 aliphatic rings. The van der Waals surface area contributed by atoms with E-state index in [1.54, 1.807) is 26.4 Å². The number of ether oxygens (including phenoxy) is 3. The number of hydrogen-bond donors (Lipinski definition) is 4. The van der Waals surface area contributed by atoms with Crippen LogP contribution in [0.1, 0.15) is 29.0 Å². The van der Waals surface area contributed by atoms with Crippen LogP contribution in [0.4, 0.5) is 0 Å². The minimum Gasteiger partial charge on any atom is -0.493 e. The Balaban J connectivity index is 0.00000289. The molecule has 0 radical (unpaired) electrons. The zero-order valence-electron chi connectivity index (χ0n) is 19.1. The lowest BCUT2D eigenvalue weighted by Gasteiger charge is -2.19. The van der Waals surface area contributed by atoms with Crippen molar-refractivity contribution in [3.8, 4) is 28.6 Å². The van der Waals surface area contributed by atoms with E-state index in [4.69, 9.17) is 19.9 Å². The number of carbonyl (C=O) groups excluding carboxylic acids is 1. The Bertz CT molecular complexity index is 1050. The van der Waals surface area contributed by atoms with Crippen LogP contribution in [0.25, 0.3) is 11.4 Å². The number of nitrogens with zero attached hydrogens (tertiary/aromatic N) is 1. The molecule has 1 amide bonds. The molecule has 0 bridgehead atoms. The van der Waals surface area contributed by atoms with Gasteiger partial charge in [-0.05, 0) is 48.9 Å². The number of aliphatic hydroxyl groups excluding tert-OH is 1. The van der Waals surface area contributed by atoms with E-state index in [0.717, 1.165) is 11.1 Å². The van der Waals surface area contributed by atoms with Crippen LogP contribution < -0.4 is 25.3 Å². The molecule has 0 spiro atoms. The number of halogens is 2. The van der Waals surface area contributed by atoms with Gasteiger partial charge >= 0.3 is 0 Å². The van der Waals surface area contributed by atoms with Crippen molar-refractivity contribution >= 4 is 30.7 Å². The van der Waals surface area contributed by atoms with Gasteiger partial charge in [-0.3, -0.25) is 4.79 Å². The summed E-state index contributed by atoms with van der Waals surface area (Å²) >= 11 is 0. The zero-order valence-corrected chi connectivity index (χ0v) is 20.7. The van der Waals surface area contributed by atoms with Crippen molar-refractivity contribution in [3.63, 3.8) is 0 Å². The molecule has 0 aliphatic carbocycles. The van der Waals surface area contributed by atoms with Gasteiger partial charge in [-0.15, -0.1) is 24.8 Å². The van der Waals surface area contributed by atoms with Crippen LogP contribution in [0.3, 0.4) is 0 Å². The normalized spacial score (nSPS) is 12.0. The summed E-state index contributed by atoms with van der Waals surface area (Å²) in [5.41, 5.74) is 7.28. The van der Waals surface area contributed by atoms with E-state index < -0.39 is 12.0 Å². The van der Waals surface area contributed by atoms with Crippen LogP contribution in [0.15, 0.2) is 48.7 Å². The number of aromatic amines is 1. The lowest BCUT2D eigenvalue weighted by Crippen LogP contribution is -2.33. The van der Waals surface area contributed by atoms with Gasteiger partial charge in [0.15, 0.2) is 11.5 Å². The van der Waals surface area contributed by atoms with Gasteiger partial charge in [0, 0.05) is 18.2 Å². The molecule has 0 fully saturated rings. The van der Waals surface area contributed by atoms with Crippen LogP contribution in [0.5, 0.6) is 17.2 Å². The molecule has 186 valence electrons. The highest BCUT2D eigenvalue weighted by Gasteiger charge is 2.13. The van der Waals surface area contributed by atoms with Crippen molar-refractivity contribution in [3.05, 3.63) is 59.9 Å². The van der Waals surface area contributed by atoms with Gasteiger partial charge in [-0.25, -0.2) is 4.98 Å². The number of amides is 1. The van der Waals surface area contributed by atoms with Crippen molar-refractivity contribution in [2.24, 2.45) is 5.73 Å². The van der Waals surface area contributed by atoms with Crippen LogP contribution in [-0.4, -0.2) is 54.5 Å². The summed E-state index contributed by atoms with van der Waals surface area (Å²) in [6, 6.07) is 12.9. The molecule has 1 heterocycles. The maximum Gasteiger partial charge on any atom is 0.266 e. The largest absolute Gasteiger partial charge is 0.493 e. The van der Waals surface area contributed by atoms with Gasteiger partial charge in [-0.2, -0.15) is 0 Å². The van der Waals surface area contributed by atoms with Crippen molar-refractivity contribution in [2.45, 2.75) is 19.1 Å². The summed E-state index contributed by atoms with van der Waals surface area (Å²) in [5.74, 6) is 1.92. The Labute approximate surface area is 210 Å². The molecule has 2 unspecified atom stereocenters. The second-order valence-corrected chi connectivity index (χ2v) is 7.24. The number of aromatic nitrogens is 2. The van der Waals surface area contributed by atoms with Crippen LogP contribution in [0, 0.1) is 0 Å². The van der Waals surface area contributed by atoms with Crippen LogP contribution in [0.2, 0.25) is 0 Å². The second kappa shape index (κ2) is 13.7. The Morgan fingerprint density at radius 1 is 1.12 bits per heavy atom. The lowest BCUT2D eigenvalue weighted by atomic mass is 10.1. The molecule has 11 heteroatoms. The number of nitrogens with two attached hydrogens (primary N) is 1. The molecule has 1 aromatic heterocycles. The minimum absolute atomic E-state index is 0. The fraction of sp³-hybridized carbons (Fsp3) is 0.304. The zero-order chi connectivity index (χ0) is 23.1. The molecule has 3 rings (SSSR count). The highest BCUT2D eigenvalue weighted by Crippen LogP contribution is 2.29. The van der Waals surface area contributed by atoms with Gasteiger partial charge < -0.3 is 35.4 Å². The number of imidazole rings is 1. The number of hydrogen-bond acceptors (Lipinski definition) is 7. The Hall–Kier alpha value is -2.98. The molecule has 5 N–H and O–H groups in total. The van der Waals surface area contributed by atoms with Crippen LogP contribution >= 0.6 is 24.8 Å². The van der Waals surface area contributed by atoms with Crippen LogP contribution in [-0.2, 0) is 0 Å². The number of aliphatic hydroxyl groups is 1. The van der Waals surface area contributed by atoms with Gasteiger partial charge in [0.1, 0.15) is 30.0 Å². The SMILES string of the molecule is COc1ccc(C(C)NCC(O)COc2ccc(-c3ncc(C(N)=O)[nH]3)cc2)cc1OC.Cl.Cl. The first-order valence-electron chi connectivity index (χ1n) is 10.1. The molecule has 2 atom stereocenters. The molecule has 2 aromatic carbocycles. The highest BCUT2D eigenvalue weighted by atomic mass is 35.5. The smallest absolute Gasteiger partial charge is 0.266 e. The number of rotatable bonds is 11. The average Bonchev–Trinajstić information content (AvgIpc) is 3.31. The van der Waals surface area contributed by atoms with Gasteiger partial charge in [0.05, 0.1) is 20.4 Å². The number of benzene rings is 2. The fourth-order valence-corrected chi connectivity index (χ4v) is 3.11. The van der Waals surface area contributed by atoms with E-state index in [1.165, 1.54) is 6.20 Å². The third kappa shape index (κ3) is 7.53. The predicted molar refractivity (Wildman–Crippen MR) is 135 cm³/mol. The van der Waals surface area contributed by atoms with E-state index >= 15 is 0 Å². The molecular weight excluding hydrogens is 483 g/mol. The van der Waals surface area contributed by atoms with Crippen molar-refractivity contribution in [2.75, 3.05) is 27.4 Å². The average molecular weight is 513 g/mol. The van der Waals surface area contributed by atoms with E-state index in [9.17, 15) is 9.90 Å². The Morgan fingerprint density at radius 3 is 2.38 bits per heavy atom. The number of methoxy groups -OCH3 is 2. The molecule has 0 saturated heterocycles. The van der Waals surface area contributed by atoms with Crippen molar-refractivity contribution < 1.29 is 24.1 Å². The summed E-state index contributed by atoms with van der Waals surface area (Å²) < 4.78 is 16.3.